The van der Waals surface area contributed by atoms with Crippen LogP contribution >= 0.6 is 24.0 Å². The number of hydrogen-bond donors (Lipinski definition) is 3. The maximum absolute atomic E-state index is 12.7. The number of benzene rings is 2. The molecular weight excluding hydrogens is 589 g/mol. The summed E-state index contributed by atoms with van der Waals surface area (Å²) >= 11 is 5.78. The third-order valence-corrected chi connectivity index (χ3v) is 7.34. The van der Waals surface area contributed by atoms with Gasteiger partial charge in [0.25, 0.3) is 5.91 Å². The summed E-state index contributed by atoms with van der Waals surface area (Å²) < 4.78 is 37.3. The lowest BCUT2D eigenvalue weighted by molar-refractivity contribution is 0.0969. The van der Waals surface area contributed by atoms with E-state index in [9.17, 15) is 18.3 Å². The van der Waals surface area contributed by atoms with Crippen molar-refractivity contribution in [3.8, 4) is 22.6 Å². The molecule has 1 atom stereocenters. The maximum Gasteiger partial charge on any atom is 0.268 e. The van der Waals surface area contributed by atoms with Gasteiger partial charge in [-0.2, -0.15) is 0 Å². The van der Waals surface area contributed by atoms with E-state index < -0.39 is 22.0 Å². The fourth-order valence-electron chi connectivity index (χ4n) is 4.50. The molecule has 3 N–H and O–H groups in total. The summed E-state index contributed by atoms with van der Waals surface area (Å²) in [5.74, 6) is 0.346. The van der Waals surface area contributed by atoms with Gasteiger partial charge in [-0.25, -0.2) is 18.1 Å². The number of aromatic nitrogens is 1. The van der Waals surface area contributed by atoms with Crippen molar-refractivity contribution < 1.29 is 27.8 Å². The van der Waals surface area contributed by atoms with Gasteiger partial charge in [0, 0.05) is 24.8 Å². The van der Waals surface area contributed by atoms with Crippen molar-refractivity contribution in [2.45, 2.75) is 44.3 Å². The Morgan fingerprint density at radius 3 is 2.44 bits per heavy atom. The van der Waals surface area contributed by atoms with Crippen molar-refractivity contribution in [2.75, 3.05) is 26.0 Å². The van der Waals surface area contributed by atoms with Crippen molar-refractivity contribution in [2.24, 2.45) is 0 Å². The Kier molecular flexibility index (Phi) is 12.2. The van der Waals surface area contributed by atoms with E-state index in [-0.39, 0.29) is 24.1 Å². The van der Waals surface area contributed by atoms with Crippen LogP contribution in [0.25, 0.3) is 11.1 Å². The lowest BCUT2D eigenvalue weighted by Gasteiger charge is -2.24. The van der Waals surface area contributed by atoms with Gasteiger partial charge >= 0.3 is 0 Å². The highest BCUT2D eigenvalue weighted by Crippen LogP contribution is 2.32. The van der Waals surface area contributed by atoms with Crippen LogP contribution in [-0.4, -0.2) is 56.5 Å². The molecule has 1 fully saturated rings. The normalized spacial score (nSPS) is 14.5. The summed E-state index contributed by atoms with van der Waals surface area (Å²) in [5, 5.41) is 13.8. The van der Waals surface area contributed by atoms with Gasteiger partial charge in [-0.15, -0.1) is 12.4 Å². The first-order valence-corrected chi connectivity index (χ1v) is 15.5. The number of carbonyl (C=O) groups is 1. The fourth-order valence-corrected chi connectivity index (χ4v) is 5.06. The lowest BCUT2D eigenvalue weighted by atomic mass is 9.97. The minimum absolute atomic E-state index is 0. The van der Waals surface area contributed by atoms with Crippen LogP contribution in [0.4, 0.5) is 0 Å². The minimum Gasteiger partial charge on any atom is -0.492 e. The Hall–Kier alpha value is -2.89. The van der Waals surface area contributed by atoms with E-state index in [2.05, 4.69) is 10.3 Å². The summed E-state index contributed by atoms with van der Waals surface area (Å²) in [7, 11) is -3.71. The Balaban J connectivity index is 0.00000462. The molecule has 0 unspecified atom stereocenters. The van der Waals surface area contributed by atoms with E-state index in [0.717, 1.165) is 49.5 Å². The number of nitrogens with one attached hydrogen (secondary N) is 2. The van der Waals surface area contributed by atoms with Crippen molar-refractivity contribution in [1.82, 2.24) is 15.0 Å². The molecule has 1 aromatic heterocycles. The van der Waals surface area contributed by atoms with E-state index >= 15 is 0 Å². The SMILES string of the molecule is CS(=O)(=O)NC(=O)c1ccc(-c2ccc(OCCNC[C@@H](O)c3ccc(Cl)nc3)cc2)cc1OC1CCCCC1.Cl. The first-order chi connectivity index (χ1) is 19.2. The van der Waals surface area contributed by atoms with Gasteiger partial charge < -0.3 is 19.9 Å². The summed E-state index contributed by atoms with van der Waals surface area (Å²) in [6, 6.07) is 16.1. The molecule has 0 bridgehead atoms. The second-order valence-electron chi connectivity index (χ2n) is 9.80. The van der Waals surface area contributed by atoms with E-state index in [4.69, 9.17) is 21.1 Å². The molecule has 222 valence electrons. The second-order valence-corrected chi connectivity index (χ2v) is 11.9. The lowest BCUT2D eigenvalue weighted by Crippen LogP contribution is -2.30. The second kappa shape index (κ2) is 15.4. The van der Waals surface area contributed by atoms with Gasteiger partial charge in [0.2, 0.25) is 10.0 Å². The van der Waals surface area contributed by atoms with Gasteiger partial charge in [0.15, 0.2) is 0 Å². The van der Waals surface area contributed by atoms with Crippen LogP contribution in [0.15, 0.2) is 60.8 Å². The molecule has 1 saturated carbocycles. The number of carbonyl (C=O) groups excluding carboxylic acids is 1. The topological polar surface area (TPSA) is 127 Å². The number of hydrogen-bond acceptors (Lipinski definition) is 8. The highest BCUT2D eigenvalue weighted by atomic mass is 35.5. The standard InChI is InChI=1S/C29H34ClN3O6S.ClH/c1-40(36,37)33-29(35)25-13-9-21(17-27(25)39-24-5-3-2-4-6-24)20-7-11-23(12-8-20)38-16-15-31-19-26(34)22-10-14-28(30)32-18-22;/h7-14,17-18,24,26,31,34H,2-6,15-16,19H2,1H3,(H,33,35);1H/t26-;/m1./s1. The van der Waals surface area contributed by atoms with Crippen molar-refractivity contribution in [1.29, 1.82) is 0 Å². The molecule has 1 aliphatic carbocycles. The largest absolute Gasteiger partial charge is 0.492 e. The summed E-state index contributed by atoms with van der Waals surface area (Å²) in [4.78, 5) is 16.6. The first kappa shape index (κ1) is 32.6. The fraction of sp³-hybridized carbons (Fsp3) is 0.379. The number of nitrogens with zero attached hydrogens (tertiary/aromatic N) is 1. The van der Waals surface area contributed by atoms with Crippen LogP contribution in [0.5, 0.6) is 11.5 Å². The Bertz CT molecular complexity index is 1380. The minimum atomic E-state index is -3.71. The number of halogens is 2. The number of rotatable bonds is 12. The molecule has 1 heterocycles. The molecule has 4 rings (SSSR count). The predicted octanol–water partition coefficient (Wildman–Crippen LogP) is 4.93. The van der Waals surface area contributed by atoms with Crippen LogP contribution in [0, 0.1) is 0 Å². The Labute approximate surface area is 252 Å². The molecule has 0 aliphatic heterocycles. The molecule has 0 spiro atoms. The van der Waals surface area contributed by atoms with E-state index in [1.807, 2.05) is 29.0 Å². The molecule has 1 aliphatic rings. The zero-order valence-electron chi connectivity index (χ0n) is 22.7. The van der Waals surface area contributed by atoms with Crippen LogP contribution < -0.4 is 19.5 Å². The molecule has 0 radical (unpaired) electrons. The van der Waals surface area contributed by atoms with E-state index in [1.54, 1.807) is 36.5 Å². The number of aliphatic hydroxyl groups excluding tert-OH is 1. The molecule has 0 saturated heterocycles. The highest BCUT2D eigenvalue weighted by Gasteiger charge is 2.21. The van der Waals surface area contributed by atoms with Crippen LogP contribution in [0.3, 0.4) is 0 Å². The molecule has 9 nitrogen and oxygen atoms in total. The van der Waals surface area contributed by atoms with Crippen molar-refractivity contribution in [3.63, 3.8) is 0 Å². The molecule has 2 aromatic carbocycles. The predicted molar refractivity (Wildman–Crippen MR) is 162 cm³/mol. The monoisotopic (exact) mass is 623 g/mol. The molecule has 12 heteroatoms. The van der Waals surface area contributed by atoms with E-state index in [1.165, 1.54) is 0 Å². The third kappa shape index (κ3) is 10.2. The number of sulfonamides is 1. The molecule has 1 amide bonds. The average Bonchev–Trinajstić information content (AvgIpc) is 2.93. The molecule has 3 aromatic rings. The number of amides is 1. The van der Waals surface area contributed by atoms with Crippen LogP contribution in [-0.2, 0) is 10.0 Å². The number of ether oxygens (including phenoxy) is 2. The average molecular weight is 625 g/mol. The van der Waals surface area contributed by atoms with Gasteiger partial charge in [-0.05, 0) is 67.1 Å². The van der Waals surface area contributed by atoms with E-state index in [0.29, 0.717) is 41.9 Å². The van der Waals surface area contributed by atoms with Crippen molar-refractivity contribution in [3.05, 3.63) is 77.1 Å². The van der Waals surface area contributed by atoms with Gasteiger partial charge in [0.1, 0.15) is 23.3 Å². The Morgan fingerprint density at radius 2 is 1.78 bits per heavy atom. The number of aliphatic hydroxyl groups is 1. The van der Waals surface area contributed by atoms with Gasteiger partial charge in [0.05, 0.1) is 24.0 Å². The third-order valence-electron chi connectivity index (χ3n) is 6.56. The smallest absolute Gasteiger partial charge is 0.268 e. The highest BCUT2D eigenvalue weighted by molar-refractivity contribution is 7.89. The van der Waals surface area contributed by atoms with Crippen LogP contribution in [0.2, 0.25) is 5.15 Å². The summed E-state index contributed by atoms with van der Waals surface area (Å²) in [5.41, 5.74) is 2.60. The quantitative estimate of drug-likeness (QED) is 0.191. The first-order valence-electron chi connectivity index (χ1n) is 13.2. The maximum atomic E-state index is 12.7. The summed E-state index contributed by atoms with van der Waals surface area (Å²) in [6.45, 7) is 1.31. The molecule has 41 heavy (non-hydrogen) atoms. The molecular formula is C29H35Cl2N3O6S. The van der Waals surface area contributed by atoms with Crippen LogP contribution in [0.1, 0.15) is 54.1 Å². The van der Waals surface area contributed by atoms with Gasteiger partial charge in [-0.3, -0.25) is 4.79 Å². The van der Waals surface area contributed by atoms with Crippen molar-refractivity contribution >= 4 is 39.9 Å². The zero-order valence-corrected chi connectivity index (χ0v) is 25.1. The number of pyridine rings is 1. The zero-order chi connectivity index (χ0) is 28.5. The summed E-state index contributed by atoms with van der Waals surface area (Å²) in [6.07, 6.45) is 6.87. The van der Waals surface area contributed by atoms with Gasteiger partial charge in [-0.1, -0.05) is 42.3 Å². The Morgan fingerprint density at radius 1 is 1.07 bits per heavy atom.